The van der Waals surface area contributed by atoms with Crippen LogP contribution in [0.1, 0.15) is 12.5 Å². The first kappa shape index (κ1) is 20.8. The zero-order valence-corrected chi connectivity index (χ0v) is 16.4. The Morgan fingerprint density at radius 2 is 1.96 bits per heavy atom. The molecule has 2 rings (SSSR count). The van der Waals surface area contributed by atoms with Gasteiger partial charge in [-0.25, -0.2) is 8.42 Å². The highest BCUT2D eigenvalue weighted by Gasteiger charge is 2.16. The number of hydrogen-bond donors (Lipinski definition) is 2. The van der Waals surface area contributed by atoms with Crippen LogP contribution < -0.4 is 14.8 Å². The van der Waals surface area contributed by atoms with Gasteiger partial charge in [0.2, 0.25) is 15.9 Å². The quantitative estimate of drug-likeness (QED) is 0.722. The third-order valence-electron chi connectivity index (χ3n) is 3.38. The molecule has 0 saturated carbocycles. The van der Waals surface area contributed by atoms with Crippen molar-refractivity contribution in [2.24, 2.45) is 0 Å². The molecule has 2 N–H and O–H groups in total. The van der Waals surface area contributed by atoms with Gasteiger partial charge in [0.05, 0.1) is 11.4 Å². The highest BCUT2D eigenvalue weighted by Crippen LogP contribution is 2.20. The lowest BCUT2D eigenvalue weighted by Crippen LogP contribution is -2.24. The average molecular weight is 407 g/mol. The third-order valence-corrected chi connectivity index (χ3v) is 5.16. The molecule has 0 fully saturated rings. The van der Waals surface area contributed by atoms with Gasteiger partial charge >= 0.3 is 0 Å². The Kier molecular flexibility index (Phi) is 7.25. The van der Waals surface area contributed by atoms with Crippen molar-refractivity contribution in [3.05, 3.63) is 53.1 Å². The van der Waals surface area contributed by atoms with E-state index in [1.54, 1.807) is 43.3 Å². The molecule has 1 amide bonds. The first-order chi connectivity index (χ1) is 12.8. The number of aryl methyl sites for hydroxylation is 1. The summed E-state index contributed by atoms with van der Waals surface area (Å²) >= 11 is 5.86. The minimum atomic E-state index is -3.69. The number of rotatable bonds is 6. The number of nitrogens with one attached hydrogen (secondary N) is 2. The van der Waals surface area contributed by atoms with Crippen molar-refractivity contribution in [1.82, 2.24) is 4.72 Å². The van der Waals surface area contributed by atoms with Crippen LogP contribution in [-0.2, 0) is 14.8 Å². The van der Waals surface area contributed by atoms with Crippen LogP contribution >= 0.6 is 11.6 Å². The van der Waals surface area contributed by atoms with E-state index in [1.165, 1.54) is 13.0 Å². The Bertz CT molecular complexity index is 994. The van der Waals surface area contributed by atoms with Crippen molar-refractivity contribution < 1.29 is 17.9 Å². The molecular weight excluding hydrogens is 388 g/mol. The second-order valence-corrected chi connectivity index (χ2v) is 7.76. The number of amides is 1. The molecule has 27 heavy (non-hydrogen) atoms. The summed E-state index contributed by atoms with van der Waals surface area (Å²) in [5.41, 5.74) is 1.22. The van der Waals surface area contributed by atoms with Gasteiger partial charge in [-0.1, -0.05) is 35.6 Å². The van der Waals surface area contributed by atoms with Crippen LogP contribution in [0.25, 0.3) is 0 Å². The van der Waals surface area contributed by atoms with Gasteiger partial charge in [-0.3, -0.25) is 4.79 Å². The number of carbonyl (C=O) groups excluding carboxylic acids is 1. The van der Waals surface area contributed by atoms with Crippen LogP contribution in [0.2, 0.25) is 5.02 Å². The summed E-state index contributed by atoms with van der Waals surface area (Å²) in [6.07, 6.45) is 0. The van der Waals surface area contributed by atoms with Crippen molar-refractivity contribution >= 4 is 33.2 Å². The Balaban J connectivity index is 1.87. The SMILES string of the molecule is CC(=O)Nc1cccc(OCC#CCNS(=O)(=O)c2cc(Cl)ccc2C)c1. The van der Waals surface area contributed by atoms with E-state index in [1.807, 2.05) is 0 Å². The smallest absolute Gasteiger partial charge is 0.241 e. The number of sulfonamides is 1. The molecule has 0 bridgehead atoms. The molecule has 6 nitrogen and oxygen atoms in total. The maximum absolute atomic E-state index is 12.3. The van der Waals surface area contributed by atoms with Crippen LogP contribution in [0.15, 0.2) is 47.4 Å². The maximum atomic E-state index is 12.3. The van der Waals surface area contributed by atoms with E-state index in [-0.39, 0.29) is 24.0 Å². The highest BCUT2D eigenvalue weighted by atomic mass is 35.5. The maximum Gasteiger partial charge on any atom is 0.241 e. The van der Waals surface area contributed by atoms with Gasteiger partial charge < -0.3 is 10.1 Å². The summed E-state index contributed by atoms with van der Waals surface area (Å²) in [7, 11) is -3.69. The normalized spacial score (nSPS) is 10.6. The average Bonchev–Trinajstić information content (AvgIpc) is 2.59. The molecule has 0 spiro atoms. The van der Waals surface area contributed by atoms with Gasteiger partial charge in [-0.05, 0) is 36.8 Å². The molecule has 8 heteroatoms. The van der Waals surface area contributed by atoms with Gasteiger partial charge in [-0.2, -0.15) is 4.72 Å². The second-order valence-electron chi connectivity index (χ2n) is 5.59. The largest absolute Gasteiger partial charge is 0.481 e. The summed E-state index contributed by atoms with van der Waals surface area (Å²) in [4.78, 5) is 11.2. The molecule has 0 aliphatic rings. The Hall–Kier alpha value is -2.53. The monoisotopic (exact) mass is 406 g/mol. The Labute approximate surface area is 163 Å². The summed E-state index contributed by atoms with van der Waals surface area (Å²) in [6.45, 7) is 3.15. The van der Waals surface area contributed by atoms with E-state index in [4.69, 9.17) is 16.3 Å². The van der Waals surface area contributed by atoms with Crippen molar-refractivity contribution in [2.75, 3.05) is 18.5 Å². The molecule has 0 unspecified atom stereocenters. The van der Waals surface area contributed by atoms with Crippen LogP contribution in [-0.4, -0.2) is 27.5 Å². The van der Waals surface area contributed by atoms with E-state index < -0.39 is 10.0 Å². The fraction of sp³-hybridized carbons (Fsp3) is 0.211. The fourth-order valence-corrected chi connectivity index (χ4v) is 3.60. The summed E-state index contributed by atoms with van der Waals surface area (Å²) in [6, 6.07) is 11.6. The van der Waals surface area contributed by atoms with Crippen LogP contribution in [0.4, 0.5) is 5.69 Å². The lowest BCUT2D eigenvalue weighted by molar-refractivity contribution is -0.114. The number of benzene rings is 2. The van der Waals surface area contributed by atoms with Crippen molar-refractivity contribution in [3.63, 3.8) is 0 Å². The first-order valence-electron chi connectivity index (χ1n) is 8.00. The molecule has 2 aromatic carbocycles. The minimum absolute atomic E-state index is 0.0520. The molecule has 2 aromatic rings. The van der Waals surface area contributed by atoms with E-state index in [0.29, 0.717) is 22.0 Å². The lowest BCUT2D eigenvalue weighted by atomic mass is 10.2. The predicted molar refractivity (Wildman–Crippen MR) is 105 cm³/mol. The van der Waals surface area contributed by atoms with E-state index in [0.717, 1.165) is 0 Å². The van der Waals surface area contributed by atoms with E-state index in [2.05, 4.69) is 21.9 Å². The number of halogens is 1. The lowest BCUT2D eigenvalue weighted by Gasteiger charge is -2.07. The molecular formula is C19H19ClN2O4S. The number of anilines is 1. The second kappa shape index (κ2) is 9.42. The fourth-order valence-electron chi connectivity index (χ4n) is 2.17. The van der Waals surface area contributed by atoms with Crippen LogP contribution in [0.5, 0.6) is 5.75 Å². The Morgan fingerprint density at radius 1 is 1.19 bits per heavy atom. The summed E-state index contributed by atoms with van der Waals surface area (Å²) in [5.74, 6) is 5.80. The van der Waals surface area contributed by atoms with Crippen molar-refractivity contribution in [1.29, 1.82) is 0 Å². The van der Waals surface area contributed by atoms with Crippen molar-refractivity contribution in [2.45, 2.75) is 18.7 Å². The molecule has 0 heterocycles. The van der Waals surface area contributed by atoms with Gasteiger partial charge in [0, 0.05) is 23.7 Å². The summed E-state index contributed by atoms with van der Waals surface area (Å²) in [5, 5.41) is 3.00. The standard InChI is InChI=1S/C19H19ClN2O4S/c1-14-8-9-16(20)12-19(14)27(24,25)21-10-3-4-11-26-18-7-5-6-17(13-18)22-15(2)23/h5-9,12-13,21H,10-11H2,1-2H3,(H,22,23). The van der Waals surface area contributed by atoms with Gasteiger partial charge in [-0.15, -0.1) is 0 Å². The van der Waals surface area contributed by atoms with E-state index >= 15 is 0 Å². The molecule has 0 saturated heterocycles. The number of ether oxygens (including phenoxy) is 1. The molecule has 0 aromatic heterocycles. The van der Waals surface area contributed by atoms with Gasteiger partial charge in [0.15, 0.2) is 0 Å². The molecule has 142 valence electrons. The number of hydrogen-bond acceptors (Lipinski definition) is 4. The number of carbonyl (C=O) groups is 1. The predicted octanol–water partition coefficient (Wildman–Crippen LogP) is 2.97. The Morgan fingerprint density at radius 3 is 2.70 bits per heavy atom. The zero-order chi connectivity index (χ0) is 19.9. The summed E-state index contributed by atoms with van der Waals surface area (Å²) < 4.78 is 32.4. The van der Waals surface area contributed by atoms with Gasteiger partial charge in [0.25, 0.3) is 0 Å². The van der Waals surface area contributed by atoms with E-state index in [9.17, 15) is 13.2 Å². The molecule has 0 atom stereocenters. The van der Waals surface area contributed by atoms with Gasteiger partial charge in [0.1, 0.15) is 12.4 Å². The molecule has 0 aliphatic carbocycles. The third kappa shape index (κ3) is 6.61. The highest BCUT2D eigenvalue weighted by molar-refractivity contribution is 7.89. The zero-order valence-electron chi connectivity index (χ0n) is 14.9. The minimum Gasteiger partial charge on any atom is -0.481 e. The first-order valence-corrected chi connectivity index (χ1v) is 9.86. The topological polar surface area (TPSA) is 84.5 Å². The van der Waals surface area contributed by atoms with Crippen LogP contribution in [0, 0.1) is 18.8 Å². The van der Waals surface area contributed by atoms with Crippen LogP contribution in [0.3, 0.4) is 0 Å². The molecule has 0 radical (unpaired) electrons. The molecule has 0 aliphatic heterocycles. The van der Waals surface area contributed by atoms with Crippen molar-refractivity contribution in [3.8, 4) is 17.6 Å².